The standard InChI is InChI=1S/C15H17N3O5S2/c1-18(2)25(20,21)14-6-4-11(24-14)8-16-15(19)17-10-3-5-12-13(7-10)23-9-22-12/h3-7H,8-9H2,1-2H3,(H2,16,17,19). The Bertz CT molecular complexity index is 892. The minimum atomic E-state index is -3.45. The Hall–Kier alpha value is -2.30. The van der Waals surface area contributed by atoms with Crippen LogP contribution in [0.25, 0.3) is 0 Å². The molecule has 10 heteroatoms. The molecule has 2 aromatic rings. The van der Waals surface area contributed by atoms with Crippen molar-refractivity contribution in [3.05, 3.63) is 35.2 Å². The number of ether oxygens (including phenoxy) is 2. The van der Waals surface area contributed by atoms with Crippen molar-refractivity contribution in [1.29, 1.82) is 0 Å². The highest BCUT2D eigenvalue weighted by Gasteiger charge is 2.19. The number of amides is 2. The lowest BCUT2D eigenvalue weighted by atomic mass is 10.3. The van der Waals surface area contributed by atoms with Crippen LogP contribution in [0.5, 0.6) is 11.5 Å². The van der Waals surface area contributed by atoms with Crippen molar-refractivity contribution in [1.82, 2.24) is 9.62 Å². The number of rotatable bonds is 5. The summed E-state index contributed by atoms with van der Waals surface area (Å²) in [6.07, 6.45) is 0. The molecule has 2 heterocycles. The van der Waals surface area contributed by atoms with Crippen molar-refractivity contribution in [2.75, 3.05) is 26.2 Å². The van der Waals surface area contributed by atoms with Gasteiger partial charge in [-0.25, -0.2) is 17.5 Å². The SMILES string of the molecule is CN(C)S(=O)(=O)c1ccc(CNC(=O)Nc2ccc3c(c2)OCO3)s1. The van der Waals surface area contributed by atoms with E-state index in [0.717, 1.165) is 20.5 Å². The third-order valence-electron chi connectivity index (χ3n) is 3.43. The Morgan fingerprint density at radius 2 is 1.96 bits per heavy atom. The zero-order valence-corrected chi connectivity index (χ0v) is 15.2. The van der Waals surface area contributed by atoms with Crippen molar-refractivity contribution >= 4 is 33.1 Å². The normalized spacial score (nSPS) is 13.1. The first-order valence-electron chi connectivity index (χ1n) is 7.32. The van der Waals surface area contributed by atoms with Crippen LogP contribution in [0.3, 0.4) is 0 Å². The number of carbonyl (C=O) groups is 1. The zero-order chi connectivity index (χ0) is 18.0. The highest BCUT2D eigenvalue weighted by Crippen LogP contribution is 2.34. The number of urea groups is 1. The molecule has 1 aliphatic rings. The molecule has 0 bridgehead atoms. The lowest BCUT2D eigenvalue weighted by Gasteiger charge is -2.09. The van der Waals surface area contributed by atoms with E-state index in [1.54, 1.807) is 24.3 Å². The molecule has 0 saturated heterocycles. The van der Waals surface area contributed by atoms with Gasteiger partial charge in [-0.15, -0.1) is 11.3 Å². The number of carbonyl (C=O) groups excluding carboxylic acids is 1. The second kappa shape index (κ2) is 6.90. The van der Waals surface area contributed by atoms with Gasteiger partial charge in [-0.2, -0.15) is 0 Å². The van der Waals surface area contributed by atoms with Crippen LogP contribution >= 0.6 is 11.3 Å². The second-order valence-corrected chi connectivity index (χ2v) is 8.93. The number of thiophene rings is 1. The quantitative estimate of drug-likeness (QED) is 0.824. The Morgan fingerprint density at radius 1 is 1.20 bits per heavy atom. The van der Waals surface area contributed by atoms with Crippen molar-refractivity contribution in [3.63, 3.8) is 0 Å². The molecule has 8 nitrogen and oxygen atoms in total. The van der Waals surface area contributed by atoms with E-state index in [1.165, 1.54) is 20.2 Å². The van der Waals surface area contributed by atoms with Gasteiger partial charge in [-0.05, 0) is 24.3 Å². The molecule has 1 aliphatic heterocycles. The van der Waals surface area contributed by atoms with Gasteiger partial charge in [0.2, 0.25) is 6.79 Å². The highest BCUT2D eigenvalue weighted by atomic mass is 32.2. The topological polar surface area (TPSA) is 97.0 Å². The van der Waals surface area contributed by atoms with Gasteiger partial charge < -0.3 is 20.1 Å². The van der Waals surface area contributed by atoms with Gasteiger partial charge in [0.25, 0.3) is 10.0 Å². The van der Waals surface area contributed by atoms with Gasteiger partial charge >= 0.3 is 6.03 Å². The molecule has 1 aromatic heterocycles. The molecule has 134 valence electrons. The number of nitrogens with zero attached hydrogens (tertiary/aromatic N) is 1. The van der Waals surface area contributed by atoms with Crippen LogP contribution in [0.15, 0.2) is 34.5 Å². The lowest BCUT2D eigenvalue weighted by Crippen LogP contribution is -2.27. The van der Waals surface area contributed by atoms with Crippen molar-refractivity contribution in [3.8, 4) is 11.5 Å². The van der Waals surface area contributed by atoms with Gasteiger partial charge in [-0.3, -0.25) is 0 Å². The van der Waals surface area contributed by atoms with Gasteiger partial charge in [0.05, 0.1) is 6.54 Å². The monoisotopic (exact) mass is 383 g/mol. The van der Waals surface area contributed by atoms with Crippen molar-refractivity contribution in [2.24, 2.45) is 0 Å². The molecule has 0 unspecified atom stereocenters. The molecule has 0 fully saturated rings. The molecule has 3 rings (SSSR count). The van der Waals surface area contributed by atoms with E-state index in [1.807, 2.05) is 0 Å². The molecule has 1 aromatic carbocycles. The minimum Gasteiger partial charge on any atom is -0.454 e. The first-order valence-corrected chi connectivity index (χ1v) is 9.57. The summed E-state index contributed by atoms with van der Waals surface area (Å²) in [5, 5.41) is 5.38. The van der Waals surface area contributed by atoms with Crippen LogP contribution in [0.2, 0.25) is 0 Å². The van der Waals surface area contributed by atoms with E-state index < -0.39 is 16.1 Å². The summed E-state index contributed by atoms with van der Waals surface area (Å²) >= 11 is 1.12. The van der Waals surface area contributed by atoms with Crippen LogP contribution in [-0.4, -0.2) is 39.6 Å². The van der Waals surface area contributed by atoms with Gasteiger partial charge in [0.1, 0.15) is 4.21 Å². The molecule has 0 atom stereocenters. The van der Waals surface area contributed by atoms with Crippen LogP contribution in [0.1, 0.15) is 4.88 Å². The molecular weight excluding hydrogens is 366 g/mol. The summed E-state index contributed by atoms with van der Waals surface area (Å²) in [6, 6.07) is 7.92. The van der Waals surface area contributed by atoms with E-state index in [0.29, 0.717) is 17.2 Å². The van der Waals surface area contributed by atoms with Crippen LogP contribution in [-0.2, 0) is 16.6 Å². The smallest absolute Gasteiger partial charge is 0.319 e. The minimum absolute atomic E-state index is 0.168. The number of sulfonamides is 1. The Balaban J connectivity index is 1.57. The van der Waals surface area contributed by atoms with Crippen molar-refractivity contribution < 1.29 is 22.7 Å². The largest absolute Gasteiger partial charge is 0.454 e. The summed E-state index contributed by atoms with van der Waals surface area (Å²) < 4.78 is 35.9. The molecule has 2 N–H and O–H groups in total. The van der Waals surface area contributed by atoms with E-state index in [-0.39, 0.29) is 17.5 Å². The maximum atomic E-state index is 12.0. The van der Waals surface area contributed by atoms with Crippen molar-refractivity contribution in [2.45, 2.75) is 10.8 Å². The van der Waals surface area contributed by atoms with Crippen LogP contribution in [0, 0.1) is 0 Å². The summed E-state index contributed by atoms with van der Waals surface area (Å²) in [7, 11) is -0.495. The molecule has 0 radical (unpaired) electrons. The maximum Gasteiger partial charge on any atom is 0.319 e. The predicted octanol–water partition coefficient (Wildman–Crippen LogP) is 2.05. The average Bonchev–Trinajstić information content (AvgIpc) is 3.21. The van der Waals surface area contributed by atoms with Crippen LogP contribution in [0.4, 0.5) is 10.5 Å². The molecule has 2 amide bonds. The lowest BCUT2D eigenvalue weighted by molar-refractivity contribution is 0.174. The number of anilines is 1. The third-order valence-corrected chi connectivity index (χ3v) is 6.79. The fourth-order valence-corrected chi connectivity index (χ4v) is 4.55. The number of nitrogens with one attached hydrogen (secondary N) is 2. The van der Waals surface area contributed by atoms with E-state index in [9.17, 15) is 13.2 Å². The fourth-order valence-electron chi connectivity index (χ4n) is 2.09. The van der Waals surface area contributed by atoms with Gasteiger partial charge in [0, 0.05) is 30.7 Å². The summed E-state index contributed by atoms with van der Waals surface area (Å²) in [4.78, 5) is 12.7. The van der Waals surface area contributed by atoms with Gasteiger partial charge in [-0.1, -0.05) is 0 Å². The number of fused-ring (bicyclic) bond motifs is 1. The number of hydrogen-bond donors (Lipinski definition) is 2. The molecular formula is C15H17N3O5S2. The number of benzene rings is 1. The third kappa shape index (κ3) is 3.86. The van der Waals surface area contributed by atoms with E-state index in [4.69, 9.17) is 9.47 Å². The zero-order valence-electron chi connectivity index (χ0n) is 13.6. The first-order chi connectivity index (χ1) is 11.9. The van der Waals surface area contributed by atoms with E-state index >= 15 is 0 Å². The summed E-state index contributed by atoms with van der Waals surface area (Å²) in [5.41, 5.74) is 0.573. The Labute approximate surface area is 149 Å². The maximum absolute atomic E-state index is 12.0. The summed E-state index contributed by atoms with van der Waals surface area (Å²) in [5.74, 6) is 1.22. The molecule has 0 saturated carbocycles. The van der Waals surface area contributed by atoms with Gasteiger partial charge in [0.15, 0.2) is 11.5 Å². The fraction of sp³-hybridized carbons (Fsp3) is 0.267. The second-order valence-electron chi connectivity index (χ2n) is 5.38. The molecule has 25 heavy (non-hydrogen) atoms. The van der Waals surface area contributed by atoms with E-state index in [2.05, 4.69) is 10.6 Å². The first kappa shape index (κ1) is 17.5. The van der Waals surface area contributed by atoms with Crippen LogP contribution < -0.4 is 20.1 Å². The highest BCUT2D eigenvalue weighted by molar-refractivity contribution is 7.91. The Kier molecular flexibility index (Phi) is 4.84. The average molecular weight is 383 g/mol. The summed E-state index contributed by atoms with van der Waals surface area (Å²) in [6.45, 7) is 0.394. The predicted molar refractivity (Wildman–Crippen MR) is 93.6 cm³/mol. The molecule has 0 spiro atoms. The molecule has 0 aliphatic carbocycles. The Morgan fingerprint density at radius 3 is 2.72 bits per heavy atom. The number of hydrogen-bond acceptors (Lipinski definition) is 6.